The Morgan fingerprint density at radius 1 is 1.25 bits per heavy atom. The summed E-state index contributed by atoms with van der Waals surface area (Å²) in [5.41, 5.74) is 1.72. The maximum absolute atomic E-state index is 14.4. The van der Waals surface area contributed by atoms with Gasteiger partial charge in [0.25, 0.3) is 0 Å². The summed E-state index contributed by atoms with van der Waals surface area (Å²) in [4.78, 5) is 0. The van der Waals surface area contributed by atoms with E-state index < -0.39 is 0 Å². The Bertz CT molecular complexity index is 779. The molecular weight excluding hydrogens is 305 g/mol. The van der Waals surface area contributed by atoms with Crippen LogP contribution in [0.25, 0.3) is 11.3 Å². The highest BCUT2D eigenvalue weighted by Crippen LogP contribution is 2.28. The van der Waals surface area contributed by atoms with Gasteiger partial charge in [-0.05, 0) is 50.3 Å². The molecule has 1 aromatic carbocycles. The van der Waals surface area contributed by atoms with Crippen LogP contribution in [-0.4, -0.2) is 27.7 Å². The summed E-state index contributed by atoms with van der Waals surface area (Å²) in [5.74, 6) is 6.39. The highest BCUT2D eigenvalue weighted by atomic mass is 19.1. The number of halogens is 1. The largest absolute Gasteiger partial charge is 0.376 e. The van der Waals surface area contributed by atoms with Crippen molar-refractivity contribution >= 4 is 0 Å². The lowest BCUT2D eigenvalue weighted by molar-refractivity contribution is 0.00370. The molecule has 0 unspecified atom stereocenters. The first-order valence-electron chi connectivity index (χ1n) is 8.61. The van der Waals surface area contributed by atoms with Crippen LogP contribution in [0.4, 0.5) is 4.39 Å². The molecule has 0 amide bonds. The molecule has 0 N–H and O–H groups in total. The van der Waals surface area contributed by atoms with Gasteiger partial charge in [-0.1, -0.05) is 17.1 Å². The Kier molecular flexibility index (Phi) is 4.31. The van der Waals surface area contributed by atoms with E-state index in [9.17, 15) is 4.39 Å². The zero-order valence-electron chi connectivity index (χ0n) is 13.5. The Balaban J connectivity index is 1.48. The maximum Gasteiger partial charge on any atom is 0.133 e. The van der Waals surface area contributed by atoms with Gasteiger partial charge in [0, 0.05) is 23.7 Å². The second-order valence-corrected chi connectivity index (χ2v) is 6.55. The number of benzene rings is 1. The van der Waals surface area contributed by atoms with E-state index in [2.05, 4.69) is 22.2 Å². The molecule has 2 fully saturated rings. The smallest absolute Gasteiger partial charge is 0.133 e. The molecule has 4 nitrogen and oxygen atoms in total. The lowest BCUT2D eigenvalue weighted by Crippen LogP contribution is -2.24. The van der Waals surface area contributed by atoms with Crippen molar-refractivity contribution in [2.45, 2.75) is 44.8 Å². The molecule has 2 heterocycles. The SMILES string of the molecule is Fc1cc(C#CC2CC2)ccc1-c1cn(C[C@H]2CCCCO2)nn1. The van der Waals surface area contributed by atoms with Crippen LogP contribution >= 0.6 is 0 Å². The number of hydrogen-bond acceptors (Lipinski definition) is 3. The summed E-state index contributed by atoms with van der Waals surface area (Å²) in [6.07, 6.45) is 7.65. The fourth-order valence-corrected chi connectivity index (χ4v) is 2.88. The lowest BCUT2D eigenvalue weighted by Gasteiger charge is -2.21. The highest BCUT2D eigenvalue weighted by Gasteiger charge is 2.18. The summed E-state index contributed by atoms with van der Waals surface area (Å²) < 4.78 is 21.8. The van der Waals surface area contributed by atoms with Crippen LogP contribution in [0.15, 0.2) is 24.4 Å². The van der Waals surface area contributed by atoms with E-state index in [0.717, 1.165) is 19.4 Å². The van der Waals surface area contributed by atoms with E-state index in [4.69, 9.17) is 4.74 Å². The fourth-order valence-electron chi connectivity index (χ4n) is 2.88. The minimum atomic E-state index is -0.307. The highest BCUT2D eigenvalue weighted by molar-refractivity contribution is 5.60. The van der Waals surface area contributed by atoms with E-state index >= 15 is 0 Å². The second kappa shape index (κ2) is 6.74. The first kappa shape index (κ1) is 15.3. The van der Waals surface area contributed by atoms with E-state index in [1.54, 1.807) is 16.9 Å². The third-order valence-corrected chi connectivity index (χ3v) is 4.45. The molecule has 4 rings (SSSR count). The number of rotatable bonds is 3. The van der Waals surface area contributed by atoms with Gasteiger partial charge in [-0.25, -0.2) is 9.07 Å². The van der Waals surface area contributed by atoms with E-state index in [-0.39, 0.29) is 11.9 Å². The molecule has 5 heteroatoms. The summed E-state index contributed by atoms with van der Waals surface area (Å²) >= 11 is 0. The van der Waals surface area contributed by atoms with Gasteiger partial charge in [0.15, 0.2) is 0 Å². The van der Waals surface area contributed by atoms with Crippen molar-refractivity contribution in [2.75, 3.05) is 6.61 Å². The summed E-state index contributed by atoms with van der Waals surface area (Å²) in [6.45, 7) is 1.48. The second-order valence-electron chi connectivity index (χ2n) is 6.55. The molecule has 124 valence electrons. The molecule has 2 aliphatic rings. The number of nitrogens with zero attached hydrogens (tertiary/aromatic N) is 3. The molecular formula is C19H20FN3O. The van der Waals surface area contributed by atoms with Crippen LogP contribution in [-0.2, 0) is 11.3 Å². The van der Waals surface area contributed by atoms with Crippen molar-refractivity contribution < 1.29 is 9.13 Å². The van der Waals surface area contributed by atoms with Gasteiger partial charge in [-0.3, -0.25) is 0 Å². The molecule has 1 atom stereocenters. The standard InChI is InChI=1S/C19H20FN3O/c20-18-11-15(7-6-14-4-5-14)8-9-17(18)19-13-23(22-21-19)12-16-3-1-2-10-24-16/h8-9,11,13-14,16H,1-5,10,12H2/t16-/m1/s1. The van der Waals surface area contributed by atoms with Crippen LogP contribution in [0.3, 0.4) is 0 Å². The molecule has 1 saturated heterocycles. The number of aromatic nitrogens is 3. The number of hydrogen-bond donors (Lipinski definition) is 0. The van der Waals surface area contributed by atoms with Gasteiger partial charge in [0.1, 0.15) is 11.5 Å². The minimum Gasteiger partial charge on any atom is -0.376 e. The molecule has 24 heavy (non-hydrogen) atoms. The van der Waals surface area contributed by atoms with Crippen molar-refractivity contribution in [3.8, 4) is 23.1 Å². The van der Waals surface area contributed by atoms with E-state index in [1.165, 1.54) is 25.3 Å². The molecule has 0 radical (unpaired) electrons. The monoisotopic (exact) mass is 325 g/mol. The molecule has 1 aliphatic carbocycles. The van der Waals surface area contributed by atoms with Crippen LogP contribution in [0.1, 0.15) is 37.7 Å². The molecule has 1 aliphatic heterocycles. The van der Waals surface area contributed by atoms with Crippen molar-refractivity contribution in [1.82, 2.24) is 15.0 Å². The van der Waals surface area contributed by atoms with Crippen molar-refractivity contribution in [2.24, 2.45) is 5.92 Å². The zero-order chi connectivity index (χ0) is 16.4. The minimum absolute atomic E-state index is 0.179. The first-order chi connectivity index (χ1) is 11.8. The summed E-state index contributed by atoms with van der Waals surface area (Å²) in [7, 11) is 0. The fraction of sp³-hybridized carbons (Fsp3) is 0.474. The third-order valence-electron chi connectivity index (χ3n) is 4.45. The van der Waals surface area contributed by atoms with Gasteiger partial charge >= 0.3 is 0 Å². The first-order valence-corrected chi connectivity index (χ1v) is 8.61. The molecule has 0 spiro atoms. The van der Waals surface area contributed by atoms with Crippen molar-refractivity contribution in [1.29, 1.82) is 0 Å². The van der Waals surface area contributed by atoms with Crippen LogP contribution < -0.4 is 0 Å². The third kappa shape index (κ3) is 3.65. The topological polar surface area (TPSA) is 39.9 Å². The average molecular weight is 325 g/mol. The predicted molar refractivity (Wildman–Crippen MR) is 88.6 cm³/mol. The van der Waals surface area contributed by atoms with Crippen LogP contribution in [0, 0.1) is 23.6 Å². The zero-order valence-corrected chi connectivity index (χ0v) is 13.5. The lowest BCUT2D eigenvalue weighted by atomic mass is 10.1. The molecule has 2 aromatic rings. The Morgan fingerprint density at radius 3 is 2.92 bits per heavy atom. The molecule has 0 bridgehead atoms. The van der Waals surface area contributed by atoms with Gasteiger partial charge in [0.05, 0.1) is 18.8 Å². The van der Waals surface area contributed by atoms with Gasteiger partial charge in [0.2, 0.25) is 0 Å². The average Bonchev–Trinajstić information content (AvgIpc) is 3.32. The summed E-state index contributed by atoms with van der Waals surface area (Å²) in [6, 6.07) is 5.06. The van der Waals surface area contributed by atoms with Gasteiger partial charge in [-0.15, -0.1) is 5.10 Å². The Morgan fingerprint density at radius 2 is 2.17 bits per heavy atom. The Labute approximate surface area is 141 Å². The molecule has 1 aromatic heterocycles. The maximum atomic E-state index is 14.4. The van der Waals surface area contributed by atoms with Crippen LogP contribution in [0.2, 0.25) is 0 Å². The summed E-state index contributed by atoms with van der Waals surface area (Å²) in [5, 5.41) is 8.22. The van der Waals surface area contributed by atoms with E-state index in [1.807, 2.05) is 6.07 Å². The van der Waals surface area contributed by atoms with Crippen LogP contribution in [0.5, 0.6) is 0 Å². The van der Waals surface area contributed by atoms with Crippen molar-refractivity contribution in [3.05, 3.63) is 35.8 Å². The number of ether oxygens (including phenoxy) is 1. The predicted octanol–water partition coefficient (Wildman–Crippen LogP) is 3.41. The van der Waals surface area contributed by atoms with Gasteiger partial charge < -0.3 is 4.74 Å². The van der Waals surface area contributed by atoms with Crippen molar-refractivity contribution in [3.63, 3.8) is 0 Å². The molecule has 1 saturated carbocycles. The van der Waals surface area contributed by atoms with E-state index in [0.29, 0.717) is 29.3 Å². The normalized spacial score (nSPS) is 20.5. The Hall–Kier alpha value is -2.19. The van der Waals surface area contributed by atoms with Gasteiger partial charge in [-0.2, -0.15) is 0 Å². The quantitative estimate of drug-likeness (QED) is 0.812.